The van der Waals surface area contributed by atoms with Crippen molar-refractivity contribution < 1.29 is 28.8 Å². The predicted molar refractivity (Wildman–Crippen MR) is 134 cm³/mol. The summed E-state index contributed by atoms with van der Waals surface area (Å²) in [5, 5.41) is 10.0. The van der Waals surface area contributed by atoms with Gasteiger partial charge in [0.25, 0.3) is 0 Å². The lowest BCUT2D eigenvalue weighted by atomic mass is 9.79. The third-order valence-electron chi connectivity index (χ3n) is 6.49. The topological polar surface area (TPSA) is 77.5 Å². The molecule has 0 spiro atoms. The molecule has 0 saturated carbocycles. The average Bonchev–Trinajstić information content (AvgIpc) is 3.18. The van der Waals surface area contributed by atoms with Crippen LogP contribution in [0.5, 0.6) is 11.5 Å². The third-order valence-corrected chi connectivity index (χ3v) is 6.49. The normalized spacial score (nSPS) is 19.4. The molecule has 1 aromatic rings. The van der Waals surface area contributed by atoms with Crippen LogP contribution in [0.4, 0.5) is 4.79 Å². The first-order valence-corrected chi connectivity index (χ1v) is 12.4. The number of rotatable bonds is 12. The van der Waals surface area contributed by atoms with E-state index in [1.807, 2.05) is 26.8 Å². The molecule has 3 atom stereocenters. The van der Waals surface area contributed by atoms with E-state index < -0.39 is 5.60 Å². The van der Waals surface area contributed by atoms with Crippen LogP contribution in [-0.4, -0.2) is 68.8 Å². The zero-order chi connectivity index (χ0) is 25.3. The highest BCUT2D eigenvalue weighted by Gasteiger charge is 2.38. The summed E-state index contributed by atoms with van der Waals surface area (Å²) in [4.78, 5) is 14.3. The van der Waals surface area contributed by atoms with Crippen LogP contribution in [0.3, 0.4) is 0 Å². The van der Waals surface area contributed by atoms with E-state index in [0.717, 1.165) is 30.8 Å². The van der Waals surface area contributed by atoms with Gasteiger partial charge in [0.2, 0.25) is 0 Å². The average molecular weight is 480 g/mol. The van der Waals surface area contributed by atoms with Crippen molar-refractivity contribution in [2.45, 2.75) is 59.5 Å². The lowest BCUT2D eigenvalue weighted by Gasteiger charge is -2.27. The highest BCUT2D eigenvalue weighted by atomic mass is 16.6. The van der Waals surface area contributed by atoms with Crippen molar-refractivity contribution in [3.63, 3.8) is 0 Å². The first-order chi connectivity index (χ1) is 16.1. The van der Waals surface area contributed by atoms with Crippen LogP contribution in [0.1, 0.15) is 53.0 Å². The van der Waals surface area contributed by atoms with Crippen molar-refractivity contribution in [1.82, 2.24) is 4.90 Å². The Kier molecular flexibility index (Phi) is 11.0. The molecule has 7 nitrogen and oxygen atoms in total. The Morgan fingerprint density at radius 1 is 1.12 bits per heavy atom. The zero-order valence-corrected chi connectivity index (χ0v) is 22.1. The van der Waals surface area contributed by atoms with Crippen LogP contribution in [-0.2, 0) is 15.9 Å². The molecular weight excluding hydrogens is 434 g/mol. The van der Waals surface area contributed by atoms with Crippen molar-refractivity contribution in [3.05, 3.63) is 23.8 Å². The summed E-state index contributed by atoms with van der Waals surface area (Å²) < 4.78 is 22.1. The molecule has 34 heavy (non-hydrogen) atoms. The van der Waals surface area contributed by atoms with Gasteiger partial charge >= 0.3 is 6.09 Å². The lowest BCUT2D eigenvalue weighted by Crippen LogP contribution is -2.35. The molecule has 0 radical (unpaired) electrons. The number of carbonyl (C=O) groups excluding carboxylic acids is 1. The van der Waals surface area contributed by atoms with E-state index in [9.17, 15) is 9.90 Å². The minimum Gasteiger partial charge on any atom is -0.493 e. The molecule has 0 unspecified atom stereocenters. The second-order valence-electron chi connectivity index (χ2n) is 10.7. The molecule has 0 aromatic heterocycles. The third kappa shape index (κ3) is 8.66. The summed E-state index contributed by atoms with van der Waals surface area (Å²) in [6.07, 6.45) is 2.37. The Morgan fingerprint density at radius 2 is 1.82 bits per heavy atom. The number of likely N-dealkylation sites (tertiary alicyclic amines) is 1. The molecule has 2 rings (SSSR count). The number of aliphatic hydroxyl groups excluding tert-OH is 1. The summed E-state index contributed by atoms with van der Waals surface area (Å²) in [7, 11) is 3.34. The first-order valence-electron chi connectivity index (χ1n) is 12.4. The van der Waals surface area contributed by atoms with E-state index in [1.165, 1.54) is 5.56 Å². The minimum absolute atomic E-state index is 0.0734. The molecule has 1 fully saturated rings. The molecule has 1 saturated heterocycles. The zero-order valence-electron chi connectivity index (χ0n) is 22.1. The molecule has 1 heterocycles. The summed E-state index contributed by atoms with van der Waals surface area (Å²) in [6, 6.07) is 6.14. The van der Waals surface area contributed by atoms with Gasteiger partial charge in [-0.1, -0.05) is 19.9 Å². The molecule has 194 valence electrons. The van der Waals surface area contributed by atoms with Crippen molar-refractivity contribution >= 4 is 6.09 Å². The quantitative estimate of drug-likeness (QED) is 0.434. The van der Waals surface area contributed by atoms with Gasteiger partial charge in [-0.15, -0.1) is 0 Å². The monoisotopic (exact) mass is 479 g/mol. The maximum atomic E-state index is 12.6. The standard InChI is InChI=1S/C27H45NO6/c1-19(2)21(13-20-9-10-24(32-7)25(14-20)33-12-8-11-31-6)15-22-16-28(17-23(22)18-29)26(30)34-27(3,4)5/h9-10,14,19,21-23,29H,8,11-13,15-18H2,1-7H3/t21-,22-,23+/m0/s1. The summed E-state index contributed by atoms with van der Waals surface area (Å²) in [5.74, 6) is 2.67. The Labute approximate surface area is 205 Å². The fraction of sp³-hybridized carbons (Fsp3) is 0.741. The second-order valence-corrected chi connectivity index (χ2v) is 10.7. The second kappa shape index (κ2) is 13.2. The van der Waals surface area contributed by atoms with Crippen molar-refractivity contribution in [1.29, 1.82) is 0 Å². The molecule has 0 aliphatic carbocycles. The first kappa shape index (κ1) is 28.2. The Bertz CT molecular complexity index is 760. The molecule has 1 aliphatic rings. The Hall–Kier alpha value is -1.99. The number of carbonyl (C=O) groups is 1. The van der Waals surface area contributed by atoms with Crippen LogP contribution >= 0.6 is 0 Å². The highest BCUT2D eigenvalue weighted by Crippen LogP contribution is 2.35. The lowest BCUT2D eigenvalue weighted by molar-refractivity contribution is 0.0280. The van der Waals surface area contributed by atoms with Gasteiger partial charge < -0.3 is 29.0 Å². The van der Waals surface area contributed by atoms with Gasteiger partial charge in [-0.05, 0) is 69.1 Å². The van der Waals surface area contributed by atoms with Crippen LogP contribution in [0.25, 0.3) is 0 Å². The maximum Gasteiger partial charge on any atom is 0.410 e. The molecule has 1 aromatic carbocycles. The summed E-state index contributed by atoms with van der Waals surface area (Å²) in [5.41, 5.74) is 0.672. The number of ether oxygens (including phenoxy) is 4. The number of benzene rings is 1. The number of methoxy groups -OCH3 is 2. The summed E-state index contributed by atoms with van der Waals surface area (Å²) in [6.45, 7) is 12.6. The van der Waals surface area contributed by atoms with Gasteiger partial charge in [0.05, 0.1) is 13.7 Å². The molecule has 1 aliphatic heterocycles. The number of amides is 1. The van der Waals surface area contributed by atoms with E-state index in [2.05, 4.69) is 26.0 Å². The molecule has 7 heteroatoms. The van der Waals surface area contributed by atoms with Crippen molar-refractivity contribution in [2.24, 2.45) is 23.7 Å². The molecule has 0 bridgehead atoms. The smallest absolute Gasteiger partial charge is 0.410 e. The maximum absolute atomic E-state index is 12.6. The molecule has 1 N–H and O–H groups in total. The van der Waals surface area contributed by atoms with Crippen LogP contribution in [0, 0.1) is 23.7 Å². The molecule has 1 amide bonds. The van der Waals surface area contributed by atoms with Crippen molar-refractivity contribution in [3.8, 4) is 11.5 Å². The molecular formula is C27H45NO6. The van der Waals surface area contributed by atoms with Gasteiger partial charge in [0.1, 0.15) is 5.60 Å². The fourth-order valence-electron chi connectivity index (χ4n) is 4.52. The van der Waals surface area contributed by atoms with Crippen LogP contribution < -0.4 is 9.47 Å². The predicted octanol–water partition coefficient (Wildman–Crippen LogP) is 4.79. The van der Waals surface area contributed by atoms with E-state index in [0.29, 0.717) is 38.1 Å². The number of nitrogens with zero attached hydrogens (tertiary/aromatic N) is 1. The highest BCUT2D eigenvalue weighted by molar-refractivity contribution is 5.68. The Morgan fingerprint density at radius 3 is 2.41 bits per heavy atom. The Balaban J connectivity index is 2.08. The van der Waals surface area contributed by atoms with Gasteiger partial charge in [-0.3, -0.25) is 0 Å². The fourth-order valence-corrected chi connectivity index (χ4v) is 4.52. The van der Waals surface area contributed by atoms with Crippen molar-refractivity contribution in [2.75, 3.05) is 47.1 Å². The van der Waals surface area contributed by atoms with Gasteiger partial charge in [0.15, 0.2) is 11.5 Å². The number of aliphatic hydroxyl groups is 1. The van der Waals surface area contributed by atoms with Crippen LogP contribution in [0.15, 0.2) is 18.2 Å². The van der Waals surface area contributed by atoms with Gasteiger partial charge in [-0.2, -0.15) is 0 Å². The number of hydrogen-bond acceptors (Lipinski definition) is 6. The van der Waals surface area contributed by atoms with E-state index in [-0.39, 0.29) is 24.5 Å². The van der Waals surface area contributed by atoms with E-state index in [1.54, 1.807) is 19.1 Å². The SMILES string of the molecule is COCCCOc1cc(C[C@@H](C[C@H]2CN(C(=O)OC(C)(C)C)C[C@@H]2CO)C(C)C)ccc1OC. The van der Waals surface area contributed by atoms with Gasteiger partial charge in [-0.25, -0.2) is 4.79 Å². The van der Waals surface area contributed by atoms with Gasteiger partial charge in [0, 0.05) is 45.8 Å². The summed E-state index contributed by atoms with van der Waals surface area (Å²) >= 11 is 0. The van der Waals surface area contributed by atoms with Crippen LogP contribution in [0.2, 0.25) is 0 Å². The van der Waals surface area contributed by atoms with E-state index >= 15 is 0 Å². The minimum atomic E-state index is -0.526. The number of hydrogen-bond donors (Lipinski definition) is 1. The largest absolute Gasteiger partial charge is 0.493 e. The van der Waals surface area contributed by atoms with E-state index in [4.69, 9.17) is 18.9 Å².